The van der Waals surface area contributed by atoms with Crippen LogP contribution in [0.1, 0.15) is 31.9 Å². The Labute approximate surface area is 166 Å². The lowest BCUT2D eigenvalue weighted by Crippen LogP contribution is -2.41. The van der Waals surface area contributed by atoms with Crippen LogP contribution < -0.4 is 14.8 Å². The molecule has 0 aromatic heterocycles. The van der Waals surface area contributed by atoms with Gasteiger partial charge in [-0.1, -0.05) is 36.4 Å². The Hall–Kier alpha value is -2.64. The summed E-state index contributed by atoms with van der Waals surface area (Å²) >= 11 is 0. The second-order valence-electron chi connectivity index (χ2n) is 7.26. The summed E-state index contributed by atoms with van der Waals surface area (Å²) in [6.07, 6.45) is 3.04. The monoisotopic (exact) mass is 402 g/mol. The lowest BCUT2D eigenvalue weighted by atomic mass is 10.1. The van der Waals surface area contributed by atoms with Gasteiger partial charge in [0.15, 0.2) is 0 Å². The molecule has 7 heteroatoms. The number of hydrogen-bond acceptors (Lipinski definition) is 4. The molecule has 0 spiro atoms. The Morgan fingerprint density at radius 1 is 1.07 bits per heavy atom. The van der Waals surface area contributed by atoms with Crippen molar-refractivity contribution >= 4 is 22.0 Å². The largest absolute Gasteiger partial charge is 0.496 e. The zero-order chi connectivity index (χ0) is 20.8. The van der Waals surface area contributed by atoms with Crippen LogP contribution >= 0.6 is 0 Å². The van der Waals surface area contributed by atoms with Crippen LogP contribution in [0.2, 0.25) is 0 Å². The van der Waals surface area contributed by atoms with E-state index in [4.69, 9.17) is 4.74 Å². The molecule has 0 aliphatic carbocycles. The number of amides is 1. The summed E-state index contributed by atoms with van der Waals surface area (Å²) in [7, 11) is -2.13. The standard InChI is InChI=1S/C21H26N2O4S/c1-21(2,3)23-28(25,26)19-12-8-6-10-17(19)15-22-20(24)14-13-16-9-5-7-11-18(16)27-4/h5-14,23H,15H2,1-4H3,(H,22,24)/b14-13+. The van der Waals surface area contributed by atoms with Crippen molar-refractivity contribution in [2.75, 3.05) is 7.11 Å². The van der Waals surface area contributed by atoms with Crippen LogP contribution in [0.15, 0.2) is 59.5 Å². The average molecular weight is 403 g/mol. The Balaban J connectivity index is 2.11. The third-order valence-corrected chi connectivity index (χ3v) is 5.57. The normalized spacial score (nSPS) is 12.1. The molecule has 28 heavy (non-hydrogen) atoms. The molecule has 0 aliphatic rings. The van der Waals surface area contributed by atoms with E-state index in [-0.39, 0.29) is 17.3 Å². The number of benzene rings is 2. The van der Waals surface area contributed by atoms with Crippen LogP contribution in [0.25, 0.3) is 6.08 Å². The van der Waals surface area contributed by atoms with Gasteiger partial charge in [0.05, 0.1) is 12.0 Å². The van der Waals surface area contributed by atoms with Crippen molar-refractivity contribution in [3.05, 3.63) is 65.7 Å². The topological polar surface area (TPSA) is 84.5 Å². The minimum Gasteiger partial charge on any atom is -0.496 e. The van der Waals surface area contributed by atoms with E-state index in [1.165, 1.54) is 12.1 Å². The molecule has 2 N–H and O–H groups in total. The third-order valence-electron chi connectivity index (χ3n) is 3.71. The van der Waals surface area contributed by atoms with Crippen molar-refractivity contribution in [3.63, 3.8) is 0 Å². The van der Waals surface area contributed by atoms with Crippen LogP contribution in [0.5, 0.6) is 5.75 Å². The summed E-state index contributed by atoms with van der Waals surface area (Å²) in [6, 6.07) is 13.9. The molecule has 0 fully saturated rings. The number of carbonyl (C=O) groups is 1. The number of para-hydroxylation sites is 1. The number of methoxy groups -OCH3 is 1. The van der Waals surface area contributed by atoms with E-state index < -0.39 is 15.6 Å². The maximum Gasteiger partial charge on any atom is 0.244 e. The molecule has 0 radical (unpaired) electrons. The minimum atomic E-state index is -3.70. The van der Waals surface area contributed by atoms with Gasteiger partial charge in [-0.25, -0.2) is 13.1 Å². The summed E-state index contributed by atoms with van der Waals surface area (Å²) < 4.78 is 33.2. The highest BCUT2D eigenvalue weighted by atomic mass is 32.2. The van der Waals surface area contributed by atoms with E-state index in [2.05, 4.69) is 10.0 Å². The molecule has 0 heterocycles. The van der Waals surface area contributed by atoms with Gasteiger partial charge in [-0.05, 0) is 44.5 Å². The Bertz CT molecular complexity index is 960. The summed E-state index contributed by atoms with van der Waals surface area (Å²) in [6.45, 7) is 5.42. The predicted octanol–water partition coefficient (Wildman–Crippen LogP) is 3.10. The first-order chi connectivity index (χ1) is 13.1. The highest BCUT2D eigenvalue weighted by molar-refractivity contribution is 7.89. The maximum absolute atomic E-state index is 12.6. The van der Waals surface area contributed by atoms with E-state index >= 15 is 0 Å². The molecule has 2 rings (SSSR count). The van der Waals surface area contributed by atoms with Gasteiger partial charge in [-0.2, -0.15) is 0 Å². The number of rotatable bonds is 7. The molecule has 150 valence electrons. The SMILES string of the molecule is COc1ccccc1/C=C/C(=O)NCc1ccccc1S(=O)(=O)NC(C)(C)C. The van der Waals surface area contributed by atoms with Crippen molar-refractivity contribution in [1.82, 2.24) is 10.0 Å². The quantitative estimate of drug-likeness (QED) is 0.697. The second-order valence-corrected chi connectivity index (χ2v) is 8.91. The van der Waals surface area contributed by atoms with Gasteiger partial charge in [0.2, 0.25) is 15.9 Å². The van der Waals surface area contributed by atoms with Crippen LogP contribution in [-0.4, -0.2) is 27.0 Å². The Morgan fingerprint density at radius 3 is 2.39 bits per heavy atom. The molecule has 0 atom stereocenters. The number of ether oxygens (including phenoxy) is 1. The molecular formula is C21H26N2O4S. The lowest BCUT2D eigenvalue weighted by molar-refractivity contribution is -0.116. The molecular weight excluding hydrogens is 376 g/mol. The Morgan fingerprint density at radius 2 is 1.71 bits per heavy atom. The number of nitrogens with one attached hydrogen (secondary N) is 2. The van der Waals surface area contributed by atoms with Crippen LogP contribution in [0.3, 0.4) is 0 Å². The van der Waals surface area contributed by atoms with Gasteiger partial charge in [-0.3, -0.25) is 4.79 Å². The fourth-order valence-electron chi connectivity index (χ4n) is 2.58. The first-order valence-electron chi connectivity index (χ1n) is 8.83. The van der Waals surface area contributed by atoms with E-state index in [1.807, 2.05) is 18.2 Å². The zero-order valence-electron chi connectivity index (χ0n) is 16.5. The lowest BCUT2D eigenvalue weighted by Gasteiger charge is -2.21. The van der Waals surface area contributed by atoms with Crippen LogP contribution in [-0.2, 0) is 21.4 Å². The number of sulfonamides is 1. The molecule has 6 nitrogen and oxygen atoms in total. The molecule has 0 saturated carbocycles. The molecule has 2 aromatic carbocycles. The van der Waals surface area contributed by atoms with Gasteiger partial charge < -0.3 is 10.1 Å². The van der Waals surface area contributed by atoms with Crippen molar-refractivity contribution in [3.8, 4) is 5.75 Å². The van der Waals surface area contributed by atoms with Gasteiger partial charge in [0, 0.05) is 23.7 Å². The maximum atomic E-state index is 12.6. The summed E-state index contributed by atoms with van der Waals surface area (Å²) in [5, 5.41) is 2.72. The van der Waals surface area contributed by atoms with Crippen LogP contribution in [0.4, 0.5) is 0 Å². The molecule has 2 aromatic rings. The first kappa shape index (κ1) is 21.7. The zero-order valence-corrected chi connectivity index (χ0v) is 17.3. The van der Waals surface area contributed by atoms with Crippen LogP contribution in [0, 0.1) is 0 Å². The van der Waals surface area contributed by atoms with Gasteiger partial charge in [0.25, 0.3) is 0 Å². The fourth-order valence-corrected chi connectivity index (χ4v) is 4.24. The summed E-state index contributed by atoms with van der Waals surface area (Å²) in [4.78, 5) is 12.3. The van der Waals surface area contributed by atoms with E-state index in [0.717, 1.165) is 5.56 Å². The molecule has 0 unspecified atom stereocenters. The molecule has 0 aliphatic heterocycles. The highest BCUT2D eigenvalue weighted by Crippen LogP contribution is 2.19. The van der Waals surface area contributed by atoms with Crippen molar-refractivity contribution < 1.29 is 17.9 Å². The van der Waals surface area contributed by atoms with E-state index in [1.54, 1.807) is 58.2 Å². The number of hydrogen-bond donors (Lipinski definition) is 2. The van der Waals surface area contributed by atoms with Crippen molar-refractivity contribution in [1.29, 1.82) is 0 Å². The highest BCUT2D eigenvalue weighted by Gasteiger charge is 2.24. The smallest absolute Gasteiger partial charge is 0.244 e. The summed E-state index contributed by atoms with van der Waals surface area (Å²) in [5.74, 6) is 0.332. The molecule has 0 saturated heterocycles. The average Bonchev–Trinajstić information content (AvgIpc) is 2.63. The van der Waals surface area contributed by atoms with Crippen molar-refractivity contribution in [2.45, 2.75) is 37.8 Å². The van der Waals surface area contributed by atoms with Gasteiger partial charge in [0.1, 0.15) is 5.75 Å². The molecule has 1 amide bonds. The van der Waals surface area contributed by atoms with Gasteiger partial charge >= 0.3 is 0 Å². The number of carbonyl (C=O) groups excluding carboxylic acids is 1. The fraction of sp³-hybridized carbons (Fsp3) is 0.286. The summed E-state index contributed by atoms with van der Waals surface area (Å²) in [5.41, 5.74) is 0.683. The predicted molar refractivity (Wildman–Crippen MR) is 110 cm³/mol. The van der Waals surface area contributed by atoms with E-state index in [9.17, 15) is 13.2 Å². The van der Waals surface area contributed by atoms with Gasteiger partial charge in [-0.15, -0.1) is 0 Å². The van der Waals surface area contributed by atoms with E-state index in [0.29, 0.717) is 11.3 Å². The third kappa shape index (κ3) is 6.21. The molecule has 0 bridgehead atoms. The van der Waals surface area contributed by atoms with Crippen molar-refractivity contribution in [2.24, 2.45) is 0 Å². The Kier molecular flexibility index (Phi) is 6.99. The first-order valence-corrected chi connectivity index (χ1v) is 10.3. The second kappa shape index (κ2) is 9.03. The minimum absolute atomic E-state index is 0.0936.